The van der Waals surface area contributed by atoms with Crippen LogP contribution in [0.4, 0.5) is 0 Å². The molecule has 0 aromatic rings. The van der Waals surface area contributed by atoms with Crippen molar-refractivity contribution in [3.8, 4) is 0 Å². The van der Waals surface area contributed by atoms with Crippen LogP contribution >= 0.6 is 0 Å². The monoisotopic (exact) mass is 635 g/mol. The van der Waals surface area contributed by atoms with Crippen LogP contribution in [-0.4, -0.2) is 56.2 Å². The molecule has 6 nitrogen and oxygen atoms in total. The SMILES string of the molecule is CCCCCC/C=C/COC(=O)CCCCCCCCN(CCCN)CCCCCCCCC(=O)OC/C=C/CCCCCC. The number of nitrogens with two attached hydrogens (primary N) is 1. The van der Waals surface area contributed by atoms with Crippen LogP contribution in [-0.2, 0) is 19.1 Å². The number of unbranched alkanes of at least 4 members (excludes halogenated alkanes) is 18. The zero-order valence-electron chi connectivity index (χ0n) is 29.9. The Morgan fingerprint density at radius 3 is 1.29 bits per heavy atom. The summed E-state index contributed by atoms with van der Waals surface area (Å²) in [7, 11) is 0. The van der Waals surface area contributed by atoms with E-state index >= 15 is 0 Å². The van der Waals surface area contributed by atoms with Gasteiger partial charge in [0.25, 0.3) is 0 Å². The zero-order valence-corrected chi connectivity index (χ0v) is 29.9. The third-order valence-electron chi connectivity index (χ3n) is 8.35. The van der Waals surface area contributed by atoms with Gasteiger partial charge < -0.3 is 20.1 Å². The number of hydrogen-bond donors (Lipinski definition) is 1. The zero-order chi connectivity index (χ0) is 32.9. The standard InChI is InChI=1S/C39H74N2O4/c1-3-5-7-9-15-21-27-36-44-38(42)30-23-17-11-13-19-25-33-41(35-29-32-40)34-26-20-14-12-18-24-31-39(43)45-37-28-22-16-10-8-6-4-2/h21-22,27-28H,3-20,23-26,29-37,40H2,1-2H3/b27-21+,28-22+. The van der Waals surface area contributed by atoms with Crippen LogP contribution in [0.1, 0.15) is 174 Å². The van der Waals surface area contributed by atoms with Gasteiger partial charge in [-0.15, -0.1) is 0 Å². The number of esters is 2. The highest BCUT2D eigenvalue weighted by Gasteiger charge is 2.06. The lowest BCUT2D eigenvalue weighted by Crippen LogP contribution is -2.28. The Labute approximate surface area is 279 Å². The Balaban J connectivity index is 3.67. The van der Waals surface area contributed by atoms with Crippen LogP contribution in [0.15, 0.2) is 24.3 Å². The normalized spacial score (nSPS) is 11.7. The Kier molecular flexibility index (Phi) is 35.4. The highest BCUT2D eigenvalue weighted by Crippen LogP contribution is 2.12. The van der Waals surface area contributed by atoms with E-state index in [1.54, 1.807) is 0 Å². The average Bonchev–Trinajstić information content (AvgIpc) is 3.04. The smallest absolute Gasteiger partial charge is 0.306 e. The van der Waals surface area contributed by atoms with Gasteiger partial charge in [-0.25, -0.2) is 0 Å². The molecule has 0 heterocycles. The molecule has 45 heavy (non-hydrogen) atoms. The molecule has 0 unspecified atom stereocenters. The van der Waals surface area contributed by atoms with Gasteiger partial charge in [0.15, 0.2) is 0 Å². The molecule has 0 aliphatic carbocycles. The molecule has 6 heteroatoms. The lowest BCUT2D eigenvalue weighted by molar-refractivity contribution is -0.143. The lowest BCUT2D eigenvalue weighted by atomic mass is 10.1. The second-order valence-electron chi connectivity index (χ2n) is 12.7. The number of allylic oxidation sites excluding steroid dienone is 2. The first kappa shape index (κ1) is 43.3. The average molecular weight is 635 g/mol. The van der Waals surface area contributed by atoms with Crippen molar-refractivity contribution >= 4 is 11.9 Å². The van der Waals surface area contributed by atoms with Crippen LogP contribution in [0.2, 0.25) is 0 Å². The lowest BCUT2D eigenvalue weighted by Gasteiger charge is -2.22. The number of carbonyl (C=O) groups is 2. The minimum absolute atomic E-state index is 0.0620. The van der Waals surface area contributed by atoms with Gasteiger partial charge in [-0.2, -0.15) is 0 Å². The van der Waals surface area contributed by atoms with E-state index in [2.05, 4.69) is 30.9 Å². The summed E-state index contributed by atoms with van der Waals surface area (Å²) in [6.07, 6.45) is 36.7. The first-order chi connectivity index (χ1) is 22.1. The van der Waals surface area contributed by atoms with E-state index in [-0.39, 0.29) is 11.9 Å². The molecule has 0 aliphatic heterocycles. The molecule has 0 saturated carbocycles. The molecule has 0 atom stereocenters. The van der Waals surface area contributed by atoms with Crippen molar-refractivity contribution in [3.63, 3.8) is 0 Å². The molecule has 2 N–H and O–H groups in total. The molecule has 0 bridgehead atoms. The molecule has 0 fully saturated rings. The van der Waals surface area contributed by atoms with E-state index in [0.717, 1.165) is 71.1 Å². The number of hydrogen-bond acceptors (Lipinski definition) is 6. The van der Waals surface area contributed by atoms with Gasteiger partial charge in [0.2, 0.25) is 0 Å². The van der Waals surface area contributed by atoms with Crippen LogP contribution in [0, 0.1) is 0 Å². The Morgan fingerprint density at radius 1 is 0.489 bits per heavy atom. The number of rotatable bonds is 35. The van der Waals surface area contributed by atoms with Crippen LogP contribution < -0.4 is 5.73 Å². The quantitative estimate of drug-likeness (QED) is 0.0424. The number of carbonyl (C=O) groups excluding carboxylic acids is 2. The summed E-state index contributed by atoms with van der Waals surface area (Å²) in [4.78, 5) is 26.4. The molecule has 0 rings (SSSR count). The first-order valence-electron chi connectivity index (χ1n) is 19.2. The van der Waals surface area contributed by atoms with Crippen molar-refractivity contribution in [1.82, 2.24) is 4.90 Å². The fourth-order valence-corrected chi connectivity index (χ4v) is 5.45. The molecular weight excluding hydrogens is 560 g/mol. The van der Waals surface area contributed by atoms with E-state index < -0.39 is 0 Å². The Bertz CT molecular complexity index is 641. The van der Waals surface area contributed by atoms with Gasteiger partial charge in [-0.1, -0.05) is 128 Å². The Hall–Kier alpha value is -1.66. The van der Waals surface area contributed by atoms with Gasteiger partial charge in [-0.3, -0.25) is 9.59 Å². The Morgan fingerprint density at radius 2 is 0.867 bits per heavy atom. The minimum atomic E-state index is -0.0620. The minimum Gasteiger partial charge on any atom is -0.461 e. The summed E-state index contributed by atoms with van der Waals surface area (Å²) in [5.74, 6) is -0.124. The first-order valence-corrected chi connectivity index (χ1v) is 19.2. The van der Waals surface area contributed by atoms with Gasteiger partial charge in [0, 0.05) is 12.8 Å². The largest absolute Gasteiger partial charge is 0.461 e. The summed E-state index contributed by atoms with van der Waals surface area (Å²) >= 11 is 0. The molecule has 0 aromatic carbocycles. The van der Waals surface area contributed by atoms with Gasteiger partial charge in [-0.05, 0) is 84.0 Å². The summed E-state index contributed by atoms with van der Waals surface area (Å²) in [5.41, 5.74) is 5.79. The third-order valence-corrected chi connectivity index (χ3v) is 8.35. The van der Waals surface area contributed by atoms with Crippen molar-refractivity contribution in [2.75, 3.05) is 39.4 Å². The van der Waals surface area contributed by atoms with Crippen molar-refractivity contribution in [2.45, 2.75) is 174 Å². The van der Waals surface area contributed by atoms with Gasteiger partial charge >= 0.3 is 11.9 Å². The van der Waals surface area contributed by atoms with E-state index in [0.29, 0.717) is 26.1 Å². The molecule has 264 valence electrons. The molecule has 0 amide bonds. The van der Waals surface area contributed by atoms with E-state index in [4.69, 9.17) is 15.2 Å². The summed E-state index contributed by atoms with van der Waals surface area (Å²) in [5, 5.41) is 0. The summed E-state index contributed by atoms with van der Waals surface area (Å²) in [6, 6.07) is 0. The van der Waals surface area contributed by atoms with E-state index in [1.165, 1.54) is 103 Å². The summed E-state index contributed by atoms with van der Waals surface area (Å²) in [6.45, 7) is 9.47. The fraction of sp³-hybridized carbons (Fsp3) is 0.846. The second kappa shape index (κ2) is 36.8. The summed E-state index contributed by atoms with van der Waals surface area (Å²) < 4.78 is 10.6. The maximum atomic E-state index is 11.9. The molecule has 0 saturated heterocycles. The van der Waals surface area contributed by atoms with Crippen LogP contribution in [0.5, 0.6) is 0 Å². The predicted molar refractivity (Wildman–Crippen MR) is 192 cm³/mol. The molecular formula is C39H74N2O4. The van der Waals surface area contributed by atoms with Gasteiger partial charge in [0.1, 0.15) is 13.2 Å². The van der Waals surface area contributed by atoms with E-state index in [9.17, 15) is 9.59 Å². The second-order valence-corrected chi connectivity index (χ2v) is 12.7. The highest BCUT2D eigenvalue weighted by molar-refractivity contribution is 5.69. The van der Waals surface area contributed by atoms with Crippen LogP contribution in [0.3, 0.4) is 0 Å². The maximum Gasteiger partial charge on any atom is 0.306 e. The molecule has 0 aliphatic rings. The number of ether oxygens (including phenoxy) is 2. The molecule has 0 radical (unpaired) electrons. The maximum absolute atomic E-state index is 11.9. The highest BCUT2D eigenvalue weighted by atomic mass is 16.5. The van der Waals surface area contributed by atoms with Gasteiger partial charge in [0.05, 0.1) is 0 Å². The number of nitrogens with zero attached hydrogens (tertiary/aromatic N) is 1. The van der Waals surface area contributed by atoms with Crippen molar-refractivity contribution in [3.05, 3.63) is 24.3 Å². The van der Waals surface area contributed by atoms with Crippen molar-refractivity contribution in [2.24, 2.45) is 5.73 Å². The molecule has 0 spiro atoms. The third kappa shape index (κ3) is 35.0. The molecule has 0 aromatic heterocycles. The van der Waals surface area contributed by atoms with E-state index in [1.807, 2.05) is 12.2 Å². The predicted octanol–water partition coefficient (Wildman–Crippen LogP) is 10.2. The van der Waals surface area contributed by atoms with Crippen molar-refractivity contribution < 1.29 is 19.1 Å². The van der Waals surface area contributed by atoms with Crippen molar-refractivity contribution in [1.29, 1.82) is 0 Å². The fourth-order valence-electron chi connectivity index (χ4n) is 5.45. The topological polar surface area (TPSA) is 81.9 Å². The van der Waals surface area contributed by atoms with Crippen LogP contribution in [0.25, 0.3) is 0 Å².